The fourth-order valence-electron chi connectivity index (χ4n) is 2.13. The van der Waals surface area contributed by atoms with Crippen LogP contribution in [0.2, 0.25) is 0 Å². The van der Waals surface area contributed by atoms with Crippen LogP contribution in [0.4, 0.5) is 4.79 Å². The average Bonchev–Trinajstić information content (AvgIpc) is 3.01. The molecule has 0 atom stereocenters. The van der Waals surface area contributed by atoms with Crippen molar-refractivity contribution in [2.24, 2.45) is 0 Å². The minimum atomic E-state index is -0.177. The van der Waals surface area contributed by atoms with Gasteiger partial charge in [0.1, 0.15) is 0 Å². The first kappa shape index (κ1) is 14.8. The van der Waals surface area contributed by atoms with E-state index in [-0.39, 0.29) is 11.9 Å². The summed E-state index contributed by atoms with van der Waals surface area (Å²) in [4.78, 5) is 30.0. The van der Waals surface area contributed by atoms with Crippen molar-refractivity contribution in [3.05, 3.63) is 16.1 Å². The molecular formula is C13H20N4O2S. The maximum Gasteiger partial charge on any atom is 0.315 e. The van der Waals surface area contributed by atoms with Crippen LogP contribution in [0.15, 0.2) is 6.20 Å². The molecule has 0 aromatic carbocycles. The lowest BCUT2D eigenvalue weighted by Gasteiger charge is -2.15. The van der Waals surface area contributed by atoms with Crippen molar-refractivity contribution in [1.82, 2.24) is 20.5 Å². The summed E-state index contributed by atoms with van der Waals surface area (Å²) in [7, 11) is 0. The zero-order chi connectivity index (χ0) is 14.4. The van der Waals surface area contributed by atoms with Crippen LogP contribution < -0.4 is 10.6 Å². The molecular weight excluding hydrogens is 276 g/mol. The number of amides is 3. The third-order valence-electron chi connectivity index (χ3n) is 3.15. The van der Waals surface area contributed by atoms with Crippen LogP contribution in [-0.4, -0.2) is 41.5 Å². The molecule has 7 heteroatoms. The molecule has 1 aliphatic heterocycles. The number of urea groups is 1. The van der Waals surface area contributed by atoms with Crippen molar-refractivity contribution >= 4 is 23.3 Å². The molecule has 1 fully saturated rings. The van der Waals surface area contributed by atoms with E-state index in [2.05, 4.69) is 15.6 Å². The van der Waals surface area contributed by atoms with E-state index in [1.165, 1.54) is 0 Å². The number of carbonyl (C=O) groups excluding carboxylic acids is 2. The van der Waals surface area contributed by atoms with E-state index in [0.29, 0.717) is 19.5 Å². The fraction of sp³-hybridized carbons (Fsp3) is 0.615. The van der Waals surface area contributed by atoms with Gasteiger partial charge in [0.2, 0.25) is 5.91 Å². The lowest BCUT2D eigenvalue weighted by molar-refractivity contribution is -0.127. The number of likely N-dealkylation sites (tertiary alicyclic amines) is 1. The molecule has 1 saturated heterocycles. The molecule has 0 spiro atoms. The zero-order valence-electron chi connectivity index (χ0n) is 11.6. The Morgan fingerprint density at radius 3 is 3.00 bits per heavy atom. The van der Waals surface area contributed by atoms with Gasteiger partial charge < -0.3 is 15.5 Å². The van der Waals surface area contributed by atoms with E-state index in [9.17, 15) is 9.59 Å². The van der Waals surface area contributed by atoms with Gasteiger partial charge in [-0.3, -0.25) is 4.79 Å². The highest BCUT2D eigenvalue weighted by atomic mass is 32.1. The maximum atomic E-state index is 11.6. The molecule has 2 heterocycles. The van der Waals surface area contributed by atoms with Crippen LogP contribution in [0.25, 0.3) is 0 Å². The van der Waals surface area contributed by atoms with Crippen LogP contribution in [0, 0.1) is 6.92 Å². The van der Waals surface area contributed by atoms with E-state index < -0.39 is 0 Å². The second-order valence-corrected chi connectivity index (χ2v) is 6.11. The summed E-state index contributed by atoms with van der Waals surface area (Å²) < 4.78 is 0. The largest absolute Gasteiger partial charge is 0.343 e. The first-order valence-electron chi connectivity index (χ1n) is 6.86. The van der Waals surface area contributed by atoms with E-state index >= 15 is 0 Å². The first-order chi connectivity index (χ1) is 9.65. The highest BCUT2D eigenvalue weighted by Gasteiger charge is 2.18. The molecule has 1 aromatic rings. The standard InChI is InChI=1S/C13H20N4O2S/c1-10-15-8-11(20-10)9-16-13(19)14-5-3-7-17-6-2-4-12(17)18/h8H,2-7,9H2,1H3,(H2,14,16,19). The minimum Gasteiger partial charge on any atom is -0.343 e. The smallest absolute Gasteiger partial charge is 0.315 e. The Bertz CT molecular complexity index is 475. The molecule has 0 bridgehead atoms. The number of rotatable bonds is 6. The molecule has 1 aliphatic rings. The van der Waals surface area contributed by atoms with Crippen molar-refractivity contribution in [3.8, 4) is 0 Å². The zero-order valence-corrected chi connectivity index (χ0v) is 12.5. The summed E-state index contributed by atoms with van der Waals surface area (Å²) in [6, 6.07) is -0.177. The second kappa shape index (κ2) is 7.23. The average molecular weight is 296 g/mol. The second-order valence-electron chi connectivity index (χ2n) is 4.79. The van der Waals surface area contributed by atoms with Gasteiger partial charge in [-0.25, -0.2) is 9.78 Å². The van der Waals surface area contributed by atoms with E-state index in [1.807, 2.05) is 11.8 Å². The summed E-state index contributed by atoms with van der Waals surface area (Å²) in [5.74, 6) is 0.231. The van der Waals surface area contributed by atoms with Crippen molar-refractivity contribution in [3.63, 3.8) is 0 Å². The number of carbonyl (C=O) groups is 2. The number of hydrogen-bond donors (Lipinski definition) is 2. The van der Waals surface area contributed by atoms with Crippen LogP contribution in [0.1, 0.15) is 29.1 Å². The Hall–Kier alpha value is -1.63. The Balaban J connectivity index is 1.55. The van der Waals surface area contributed by atoms with Gasteiger partial charge in [0, 0.05) is 37.1 Å². The molecule has 2 N–H and O–H groups in total. The quantitative estimate of drug-likeness (QED) is 0.776. The number of hydrogen-bond acceptors (Lipinski definition) is 4. The molecule has 0 saturated carbocycles. The van der Waals surface area contributed by atoms with E-state index in [4.69, 9.17) is 0 Å². The first-order valence-corrected chi connectivity index (χ1v) is 7.67. The fourth-order valence-corrected chi connectivity index (χ4v) is 2.86. The normalized spacial score (nSPS) is 14.7. The van der Waals surface area contributed by atoms with Gasteiger partial charge in [0.05, 0.1) is 11.6 Å². The molecule has 6 nitrogen and oxygen atoms in total. The van der Waals surface area contributed by atoms with Crippen molar-refractivity contribution in [2.75, 3.05) is 19.6 Å². The maximum absolute atomic E-state index is 11.6. The lowest BCUT2D eigenvalue weighted by atomic mass is 10.4. The van der Waals surface area contributed by atoms with Crippen LogP contribution >= 0.6 is 11.3 Å². The van der Waals surface area contributed by atoms with Gasteiger partial charge in [-0.1, -0.05) is 0 Å². The van der Waals surface area contributed by atoms with Crippen LogP contribution in [0.5, 0.6) is 0 Å². The summed E-state index contributed by atoms with van der Waals surface area (Å²) >= 11 is 1.58. The highest BCUT2D eigenvalue weighted by molar-refractivity contribution is 7.11. The number of nitrogens with zero attached hydrogens (tertiary/aromatic N) is 2. The van der Waals surface area contributed by atoms with Crippen molar-refractivity contribution in [2.45, 2.75) is 32.7 Å². The van der Waals surface area contributed by atoms with E-state index in [0.717, 1.165) is 35.8 Å². The summed E-state index contributed by atoms with van der Waals surface area (Å²) in [5, 5.41) is 6.58. The molecule has 20 heavy (non-hydrogen) atoms. The Morgan fingerprint density at radius 2 is 2.35 bits per heavy atom. The minimum absolute atomic E-state index is 0.177. The predicted octanol–water partition coefficient (Wildman–Crippen LogP) is 1.26. The molecule has 1 aromatic heterocycles. The number of thiazole rings is 1. The van der Waals surface area contributed by atoms with Crippen LogP contribution in [0.3, 0.4) is 0 Å². The van der Waals surface area contributed by atoms with Gasteiger partial charge in [-0.2, -0.15) is 0 Å². The molecule has 110 valence electrons. The Morgan fingerprint density at radius 1 is 1.50 bits per heavy atom. The molecule has 0 aliphatic carbocycles. The van der Waals surface area contributed by atoms with Crippen LogP contribution in [-0.2, 0) is 11.3 Å². The van der Waals surface area contributed by atoms with Crippen molar-refractivity contribution in [1.29, 1.82) is 0 Å². The highest BCUT2D eigenvalue weighted by Crippen LogP contribution is 2.10. The summed E-state index contributed by atoms with van der Waals surface area (Å²) in [6.07, 6.45) is 4.20. The number of aromatic nitrogens is 1. The third-order valence-corrected chi connectivity index (χ3v) is 4.07. The molecule has 2 rings (SSSR count). The summed E-state index contributed by atoms with van der Waals surface area (Å²) in [6.45, 7) is 4.61. The Kier molecular flexibility index (Phi) is 5.34. The molecule has 0 radical (unpaired) electrons. The lowest BCUT2D eigenvalue weighted by Crippen LogP contribution is -2.37. The SMILES string of the molecule is Cc1ncc(CNC(=O)NCCCN2CCCC2=O)s1. The molecule has 0 unspecified atom stereocenters. The van der Waals surface area contributed by atoms with Gasteiger partial charge in [-0.15, -0.1) is 11.3 Å². The van der Waals surface area contributed by atoms with E-state index in [1.54, 1.807) is 17.5 Å². The van der Waals surface area contributed by atoms with Gasteiger partial charge in [0.25, 0.3) is 0 Å². The Labute approximate surface area is 122 Å². The topological polar surface area (TPSA) is 74.3 Å². The molecule has 3 amide bonds. The van der Waals surface area contributed by atoms with Gasteiger partial charge in [0.15, 0.2) is 0 Å². The number of aryl methyl sites for hydroxylation is 1. The van der Waals surface area contributed by atoms with Crippen molar-refractivity contribution < 1.29 is 9.59 Å². The monoisotopic (exact) mass is 296 g/mol. The summed E-state index contributed by atoms with van der Waals surface area (Å²) in [5.41, 5.74) is 0. The predicted molar refractivity (Wildman–Crippen MR) is 77.5 cm³/mol. The number of nitrogens with one attached hydrogen (secondary N) is 2. The third kappa shape index (κ3) is 4.48. The van der Waals surface area contributed by atoms with Gasteiger partial charge >= 0.3 is 6.03 Å². The van der Waals surface area contributed by atoms with Gasteiger partial charge in [-0.05, 0) is 19.8 Å².